The van der Waals surface area contributed by atoms with Crippen LogP contribution in [-0.4, -0.2) is 128 Å². The molecule has 0 spiro atoms. The average Bonchev–Trinajstić information content (AvgIpc) is 4.08. The molecule has 12 nitrogen and oxygen atoms in total. The Hall–Kier alpha value is -4.50. The fourth-order valence-corrected chi connectivity index (χ4v) is 9.35. The van der Waals surface area contributed by atoms with Crippen LogP contribution in [0.5, 0.6) is 0 Å². The number of nitrogens with one attached hydrogen (secondary N) is 2. The molecule has 8 atom stereocenters. The molecule has 62 heavy (non-hydrogen) atoms. The quantitative estimate of drug-likeness (QED) is 0.0752. The maximum absolute atomic E-state index is 6.16. The lowest BCUT2D eigenvalue weighted by molar-refractivity contribution is 0.387. The molecule has 8 saturated heterocycles. The summed E-state index contributed by atoms with van der Waals surface area (Å²) in [6.45, 7) is 13.9. The normalized spacial score (nSPS) is 27.9. The second kappa shape index (κ2) is 16.6. The molecule has 8 fully saturated rings. The molecular formula is C50H56N4O8. The summed E-state index contributed by atoms with van der Waals surface area (Å²) in [6.07, 6.45) is 6.53. The molecule has 12 rings (SSSR count). The number of benzene rings is 4. The second-order valence-corrected chi connectivity index (χ2v) is 18.2. The summed E-state index contributed by atoms with van der Waals surface area (Å²) in [5.41, 5.74) is 15.1. The van der Waals surface area contributed by atoms with E-state index in [1.54, 1.807) is 0 Å². The Balaban J connectivity index is 1.15. The van der Waals surface area contributed by atoms with Crippen LogP contribution in [-0.2, 0) is 63.6 Å². The zero-order valence-electron chi connectivity index (χ0n) is 35.2. The highest BCUT2D eigenvalue weighted by atomic mass is 16.6. The minimum absolute atomic E-state index is 0.0937. The predicted octanol–water partition coefficient (Wildman–Crippen LogP) is 6.46. The van der Waals surface area contributed by atoms with Gasteiger partial charge in [-0.25, -0.2) is 0 Å². The van der Waals surface area contributed by atoms with E-state index in [1.807, 2.05) is 0 Å². The summed E-state index contributed by atoms with van der Waals surface area (Å²) in [6, 6.07) is 23.6. The van der Waals surface area contributed by atoms with E-state index >= 15 is 0 Å². The van der Waals surface area contributed by atoms with Gasteiger partial charge in [-0.15, -0.1) is 0 Å². The van der Waals surface area contributed by atoms with Gasteiger partial charge in [-0.2, -0.15) is 0 Å². The summed E-state index contributed by atoms with van der Waals surface area (Å²) in [4.78, 5) is 5.07. The molecule has 8 aliphatic rings. The number of para-hydroxylation sites is 2. The Morgan fingerprint density at radius 1 is 0.484 bits per heavy atom. The van der Waals surface area contributed by atoms with Crippen LogP contribution in [0.15, 0.2) is 73.3 Å². The minimum atomic E-state index is 0.0937. The molecule has 324 valence electrons. The smallest absolute Gasteiger partial charge is 0.0984 e. The van der Waals surface area contributed by atoms with Gasteiger partial charge in [0.25, 0.3) is 0 Å². The maximum atomic E-state index is 6.16. The van der Waals surface area contributed by atoms with Crippen molar-refractivity contribution in [2.45, 2.75) is 74.5 Å². The van der Waals surface area contributed by atoms with E-state index in [-0.39, 0.29) is 48.8 Å². The molecule has 12 heteroatoms. The lowest BCUT2D eigenvalue weighted by Gasteiger charge is -2.35. The van der Waals surface area contributed by atoms with E-state index in [2.05, 4.69) is 99.8 Å². The first-order chi connectivity index (χ1) is 30.6. The molecule has 0 aliphatic carbocycles. The van der Waals surface area contributed by atoms with Gasteiger partial charge < -0.3 is 58.3 Å². The van der Waals surface area contributed by atoms with Gasteiger partial charge in [0.05, 0.1) is 119 Å². The lowest BCUT2D eigenvalue weighted by Crippen LogP contribution is -2.34. The molecule has 0 amide bonds. The molecule has 0 saturated carbocycles. The molecular weight excluding hydrogens is 785 g/mol. The van der Waals surface area contributed by atoms with Crippen molar-refractivity contribution in [1.82, 2.24) is 0 Å². The van der Waals surface area contributed by atoms with Crippen LogP contribution in [0, 0.1) is 0 Å². The zero-order valence-corrected chi connectivity index (χ0v) is 35.2. The van der Waals surface area contributed by atoms with Gasteiger partial charge >= 0.3 is 0 Å². The third-order valence-electron chi connectivity index (χ3n) is 13.1. The number of ether oxygens (including phenoxy) is 8. The predicted molar refractivity (Wildman–Crippen MR) is 239 cm³/mol. The van der Waals surface area contributed by atoms with Gasteiger partial charge in [-0.05, 0) is 63.7 Å². The Morgan fingerprint density at radius 3 is 1.34 bits per heavy atom. The fraction of sp³-hybridized carbons (Fsp3) is 0.480. The molecule has 0 aromatic heterocycles. The van der Waals surface area contributed by atoms with Crippen LogP contribution in [0.1, 0.15) is 27.8 Å². The van der Waals surface area contributed by atoms with Crippen molar-refractivity contribution in [1.29, 1.82) is 0 Å². The number of hydrogen-bond donors (Lipinski definition) is 2. The molecule has 2 N–H and O–H groups in total. The Labute approximate surface area is 363 Å². The number of epoxide rings is 8. The number of anilines is 6. The van der Waals surface area contributed by atoms with E-state index < -0.39 is 0 Å². The van der Waals surface area contributed by atoms with Gasteiger partial charge in [0.15, 0.2) is 0 Å². The second-order valence-electron chi connectivity index (χ2n) is 18.2. The van der Waals surface area contributed by atoms with Gasteiger partial charge in [-0.3, -0.25) is 0 Å². The van der Waals surface area contributed by atoms with Crippen LogP contribution in [0.4, 0.5) is 34.1 Å². The summed E-state index contributed by atoms with van der Waals surface area (Å²) in [5, 5.41) is 8.05. The van der Waals surface area contributed by atoms with Crippen molar-refractivity contribution in [2.24, 2.45) is 0 Å². The van der Waals surface area contributed by atoms with Gasteiger partial charge in [0.1, 0.15) is 0 Å². The third-order valence-corrected chi connectivity index (χ3v) is 13.1. The molecule has 8 unspecified atom stereocenters. The summed E-state index contributed by atoms with van der Waals surface area (Å²) in [7, 11) is 0. The molecule has 0 bridgehead atoms. The van der Waals surface area contributed by atoms with Crippen molar-refractivity contribution in [3.8, 4) is 11.1 Å². The van der Waals surface area contributed by atoms with Crippen molar-refractivity contribution in [2.75, 3.05) is 99.5 Å². The molecule has 4 aromatic rings. The van der Waals surface area contributed by atoms with Crippen LogP contribution < -0.4 is 20.4 Å². The first-order valence-corrected chi connectivity index (χ1v) is 22.7. The fourth-order valence-electron chi connectivity index (χ4n) is 9.35. The number of rotatable bonds is 24. The van der Waals surface area contributed by atoms with E-state index in [1.165, 1.54) is 39.1 Å². The SMILES string of the molecule is C=Cc1c(Nc2ccccc2)c(N(CC2CO2)CC2CO2)c(Nc2ccccc2)c(CC2CO2)c1-c1cc(CC2CO2)c(N(CC2CO2)CC2CO2)c(CC2CO2)c1CC1CO1. The number of hydrogen-bond acceptors (Lipinski definition) is 12. The van der Waals surface area contributed by atoms with Crippen molar-refractivity contribution >= 4 is 40.2 Å². The largest absolute Gasteiger partial charge is 0.373 e. The van der Waals surface area contributed by atoms with Crippen LogP contribution in [0.2, 0.25) is 0 Å². The van der Waals surface area contributed by atoms with Crippen molar-refractivity contribution in [3.63, 3.8) is 0 Å². The third kappa shape index (κ3) is 9.25. The minimum Gasteiger partial charge on any atom is -0.373 e. The monoisotopic (exact) mass is 840 g/mol. The summed E-state index contributed by atoms with van der Waals surface area (Å²) in [5.74, 6) is 0. The van der Waals surface area contributed by atoms with Crippen LogP contribution in [0.3, 0.4) is 0 Å². The Kier molecular flexibility index (Phi) is 10.5. The maximum Gasteiger partial charge on any atom is 0.0984 e. The molecule has 8 aliphatic heterocycles. The highest BCUT2D eigenvalue weighted by molar-refractivity contribution is 6.03. The van der Waals surface area contributed by atoms with Gasteiger partial charge in [0, 0.05) is 74.5 Å². The standard InChI is InChI=1S/C50H56N4O8/c1-2-41-46(43-14-30(13-33-22-55-33)49(53(18-37-26-59-37)19-38-27-60-38)44(16-35-24-57-35)42(43)15-34-23-56-34)45(17-36-25-58-36)48(52-32-11-7-4-8-12-32)50(47(41)51-31-9-5-3-6-10-31)54(20-39-28-61-39)21-40-29-62-40/h2-12,14,33-40,51-52H,1,13,15-29H2. The molecule has 4 aromatic carbocycles. The first kappa shape index (κ1) is 39.1. The summed E-state index contributed by atoms with van der Waals surface area (Å²) < 4.78 is 48.2. The first-order valence-electron chi connectivity index (χ1n) is 22.7. The zero-order chi connectivity index (χ0) is 41.1. The molecule has 0 radical (unpaired) electrons. The van der Waals surface area contributed by atoms with Crippen molar-refractivity contribution in [3.05, 3.63) is 101 Å². The highest BCUT2D eigenvalue weighted by Gasteiger charge is 2.41. The van der Waals surface area contributed by atoms with Crippen molar-refractivity contribution < 1.29 is 37.9 Å². The van der Waals surface area contributed by atoms with Gasteiger partial charge in [0.2, 0.25) is 0 Å². The average molecular weight is 841 g/mol. The van der Waals surface area contributed by atoms with Crippen LogP contribution in [0.25, 0.3) is 17.2 Å². The van der Waals surface area contributed by atoms with Gasteiger partial charge in [-0.1, -0.05) is 49.1 Å². The van der Waals surface area contributed by atoms with E-state index in [9.17, 15) is 0 Å². The van der Waals surface area contributed by atoms with E-state index in [0.29, 0.717) is 0 Å². The highest BCUT2D eigenvalue weighted by Crippen LogP contribution is 2.53. The van der Waals surface area contributed by atoms with E-state index in [4.69, 9.17) is 37.9 Å². The molecule has 8 heterocycles. The Morgan fingerprint density at radius 2 is 0.887 bits per heavy atom. The van der Waals surface area contributed by atoms with Crippen LogP contribution >= 0.6 is 0 Å². The topological polar surface area (TPSA) is 131 Å². The Bertz CT molecular complexity index is 2250. The lowest BCUT2D eigenvalue weighted by atomic mass is 9.80. The number of nitrogens with zero attached hydrogens (tertiary/aromatic N) is 2. The van der Waals surface area contributed by atoms with E-state index in [0.717, 1.165) is 139 Å². The summed E-state index contributed by atoms with van der Waals surface area (Å²) >= 11 is 0.